The van der Waals surface area contributed by atoms with E-state index in [1.807, 2.05) is 13.0 Å². The molecular weight excluding hydrogens is 220 g/mol. The molecule has 0 saturated heterocycles. The maximum atomic E-state index is 11.6. The summed E-state index contributed by atoms with van der Waals surface area (Å²) >= 11 is 0. The molecule has 92 valence electrons. The van der Waals surface area contributed by atoms with E-state index >= 15 is 0 Å². The van der Waals surface area contributed by atoms with E-state index in [0.717, 1.165) is 17.0 Å². The summed E-state index contributed by atoms with van der Waals surface area (Å²) in [5, 5.41) is 2.84. The Kier molecular flexibility index (Phi) is 3.49. The molecule has 1 aromatic carbocycles. The van der Waals surface area contributed by atoms with Crippen molar-refractivity contribution in [3.63, 3.8) is 0 Å². The van der Waals surface area contributed by atoms with E-state index in [2.05, 4.69) is 5.32 Å². The van der Waals surface area contributed by atoms with Gasteiger partial charge in [0.05, 0.1) is 0 Å². The van der Waals surface area contributed by atoms with Crippen molar-refractivity contribution in [2.45, 2.75) is 19.8 Å². The Morgan fingerprint density at radius 1 is 1.41 bits per heavy atom. The van der Waals surface area contributed by atoms with E-state index in [-0.39, 0.29) is 12.7 Å². The van der Waals surface area contributed by atoms with Gasteiger partial charge in [-0.05, 0) is 31.5 Å². The molecule has 17 heavy (non-hydrogen) atoms. The first-order valence-corrected chi connectivity index (χ1v) is 5.61. The Morgan fingerprint density at radius 3 is 2.82 bits per heavy atom. The molecule has 5 heteroatoms. The maximum absolute atomic E-state index is 11.6. The molecule has 0 saturated carbocycles. The second-order valence-electron chi connectivity index (χ2n) is 3.96. The highest BCUT2D eigenvalue weighted by Gasteiger charge is 2.16. The standard InChI is InChI=1S/C12H16N2O3/c1-8-5-10-11(17-7-16-10)6-9(8)14-12(15)3-2-4-13/h5-6H,2-4,7,13H2,1H3,(H,14,15). The number of fused-ring (bicyclic) bond motifs is 1. The molecule has 1 aliphatic heterocycles. The van der Waals surface area contributed by atoms with Crippen LogP contribution in [0.3, 0.4) is 0 Å². The summed E-state index contributed by atoms with van der Waals surface area (Å²) in [6.45, 7) is 2.67. The summed E-state index contributed by atoms with van der Waals surface area (Å²) in [6, 6.07) is 3.65. The number of ether oxygens (including phenoxy) is 2. The van der Waals surface area contributed by atoms with Gasteiger partial charge < -0.3 is 20.5 Å². The molecule has 1 amide bonds. The predicted octanol–water partition coefficient (Wildman–Crippen LogP) is 1.40. The van der Waals surface area contributed by atoms with Crippen molar-refractivity contribution in [2.75, 3.05) is 18.7 Å². The molecule has 0 fully saturated rings. The van der Waals surface area contributed by atoms with E-state index in [0.29, 0.717) is 25.1 Å². The fourth-order valence-electron chi connectivity index (χ4n) is 1.65. The average Bonchev–Trinajstić information content (AvgIpc) is 2.74. The number of amides is 1. The van der Waals surface area contributed by atoms with Gasteiger partial charge in [-0.2, -0.15) is 0 Å². The Hall–Kier alpha value is -1.75. The van der Waals surface area contributed by atoms with Crippen molar-refractivity contribution in [1.82, 2.24) is 0 Å². The van der Waals surface area contributed by atoms with Crippen LogP contribution in [0.5, 0.6) is 11.5 Å². The highest BCUT2D eigenvalue weighted by Crippen LogP contribution is 2.36. The number of nitrogens with one attached hydrogen (secondary N) is 1. The summed E-state index contributed by atoms with van der Waals surface area (Å²) in [5.74, 6) is 1.37. The summed E-state index contributed by atoms with van der Waals surface area (Å²) in [7, 11) is 0. The van der Waals surface area contributed by atoms with Gasteiger partial charge in [-0.3, -0.25) is 4.79 Å². The second kappa shape index (κ2) is 5.05. The van der Waals surface area contributed by atoms with Gasteiger partial charge in [0.1, 0.15) is 0 Å². The molecular formula is C12H16N2O3. The van der Waals surface area contributed by atoms with Crippen LogP contribution in [0.15, 0.2) is 12.1 Å². The molecule has 3 N–H and O–H groups in total. The molecule has 0 aliphatic carbocycles. The molecule has 1 heterocycles. The smallest absolute Gasteiger partial charge is 0.231 e. The van der Waals surface area contributed by atoms with Gasteiger partial charge in [0.15, 0.2) is 11.5 Å². The zero-order valence-electron chi connectivity index (χ0n) is 9.79. The number of anilines is 1. The number of hydrogen-bond donors (Lipinski definition) is 2. The third kappa shape index (κ3) is 2.68. The zero-order chi connectivity index (χ0) is 12.3. The summed E-state index contributed by atoms with van der Waals surface area (Å²) in [5.41, 5.74) is 7.07. The normalized spacial score (nSPS) is 12.6. The third-order valence-electron chi connectivity index (χ3n) is 2.60. The SMILES string of the molecule is Cc1cc2c(cc1NC(=O)CCCN)OCO2. The van der Waals surface area contributed by atoms with Crippen molar-refractivity contribution < 1.29 is 14.3 Å². The van der Waals surface area contributed by atoms with Gasteiger partial charge in [-0.1, -0.05) is 0 Å². The minimum Gasteiger partial charge on any atom is -0.454 e. The summed E-state index contributed by atoms with van der Waals surface area (Å²) < 4.78 is 10.5. The van der Waals surface area contributed by atoms with Gasteiger partial charge in [-0.25, -0.2) is 0 Å². The minimum absolute atomic E-state index is 0.0302. The molecule has 0 unspecified atom stereocenters. The van der Waals surface area contributed by atoms with E-state index in [1.165, 1.54) is 0 Å². The highest BCUT2D eigenvalue weighted by molar-refractivity contribution is 5.92. The minimum atomic E-state index is -0.0302. The quantitative estimate of drug-likeness (QED) is 0.828. The van der Waals surface area contributed by atoms with E-state index in [1.54, 1.807) is 6.07 Å². The molecule has 0 radical (unpaired) electrons. The first-order chi connectivity index (χ1) is 8.20. The fraction of sp³-hybridized carbons (Fsp3) is 0.417. The number of benzene rings is 1. The number of aryl methyl sites for hydroxylation is 1. The summed E-state index contributed by atoms with van der Waals surface area (Å²) in [4.78, 5) is 11.6. The lowest BCUT2D eigenvalue weighted by Gasteiger charge is -2.09. The number of carbonyl (C=O) groups is 1. The highest BCUT2D eigenvalue weighted by atomic mass is 16.7. The molecule has 0 atom stereocenters. The fourth-order valence-corrected chi connectivity index (χ4v) is 1.65. The lowest BCUT2D eigenvalue weighted by Crippen LogP contribution is -2.14. The van der Waals surface area contributed by atoms with Crippen LogP contribution in [0.2, 0.25) is 0 Å². The third-order valence-corrected chi connectivity index (χ3v) is 2.60. The van der Waals surface area contributed by atoms with Crippen LogP contribution in [0.1, 0.15) is 18.4 Å². The Bertz CT molecular complexity index is 432. The molecule has 0 bridgehead atoms. The van der Waals surface area contributed by atoms with Crippen molar-refractivity contribution in [3.05, 3.63) is 17.7 Å². The number of nitrogens with two attached hydrogens (primary N) is 1. The number of hydrogen-bond acceptors (Lipinski definition) is 4. The van der Waals surface area contributed by atoms with Gasteiger partial charge in [0.2, 0.25) is 12.7 Å². The molecule has 5 nitrogen and oxygen atoms in total. The second-order valence-corrected chi connectivity index (χ2v) is 3.96. The van der Waals surface area contributed by atoms with Gasteiger partial charge in [0, 0.05) is 18.2 Å². The van der Waals surface area contributed by atoms with Gasteiger partial charge in [0.25, 0.3) is 0 Å². The molecule has 1 aliphatic rings. The monoisotopic (exact) mass is 236 g/mol. The van der Waals surface area contributed by atoms with Crippen LogP contribution in [0.4, 0.5) is 5.69 Å². The summed E-state index contributed by atoms with van der Waals surface area (Å²) in [6.07, 6.45) is 1.12. The van der Waals surface area contributed by atoms with Crippen LogP contribution in [-0.2, 0) is 4.79 Å². The van der Waals surface area contributed by atoms with Crippen LogP contribution in [0.25, 0.3) is 0 Å². The van der Waals surface area contributed by atoms with Crippen molar-refractivity contribution in [2.24, 2.45) is 5.73 Å². The number of carbonyl (C=O) groups excluding carboxylic acids is 1. The largest absolute Gasteiger partial charge is 0.454 e. The van der Waals surface area contributed by atoms with E-state index in [9.17, 15) is 4.79 Å². The first-order valence-electron chi connectivity index (χ1n) is 5.61. The van der Waals surface area contributed by atoms with E-state index < -0.39 is 0 Å². The number of rotatable bonds is 4. The van der Waals surface area contributed by atoms with Crippen LogP contribution < -0.4 is 20.5 Å². The van der Waals surface area contributed by atoms with Crippen molar-refractivity contribution in [1.29, 1.82) is 0 Å². The van der Waals surface area contributed by atoms with Crippen molar-refractivity contribution >= 4 is 11.6 Å². The molecule has 2 rings (SSSR count). The van der Waals surface area contributed by atoms with E-state index in [4.69, 9.17) is 15.2 Å². The van der Waals surface area contributed by atoms with Crippen LogP contribution in [0, 0.1) is 6.92 Å². The van der Waals surface area contributed by atoms with Gasteiger partial charge in [-0.15, -0.1) is 0 Å². The van der Waals surface area contributed by atoms with Crippen molar-refractivity contribution in [3.8, 4) is 11.5 Å². The Labute approximate surface area is 99.9 Å². The van der Waals surface area contributed by atoms with Crippen LogP contribution in [-0.4, -0.2) is 19.2 Å². The molecule has 0 spiro atoms. The molecule has 0 aromatic heterocycles. The first kappa shape index (κ1) is 11.7. The maximum Gasteiger partial charge on any atom is 0.231 e. The van der Waals surface area contributed by atoms with Crippen LogP contribution >= 0.6 is 0 Å². The van der Waals surface area contributed by atoms with Gasteiger partial charge >= 0.3 is 0 Å². The predicted molar refractivity (Wildman–Crippen MR) is 64.2 cm³/mol. The Morgan fingerprint density at radius 2 is 2.12 bits per heavy atom. The zero-order valence-corrected chi connectivity index (χ0v) is 9.79. The lowest BCUT2D eigenvalue weighted by atomic mass is 10.1. The topological polar surface area (TPSA) is 73.6 Å². The Balaban J connectivity index is 2.08. The average molecular weight is 236 g/mol. The molecule has 1 aromatic rings. The lowest BCUT2D eigenvalue weighted by molar-refractivity contribution is -0.116.